The van der Waals surface area contributed by atoms with E-state index >= 15 is 0 Å². The highest BCUT2D eigenvalue weighted by Crippen LogP contribution is 2.30. The van der Waals surface area contributed by atoms with Gasteiger partial charge in [0.15, 0.2) is 0 Å². The highest BCUT2D eigenvalue weighted by molar-refractivity contribution is 5.22. The molecule has 5 heteroatoms. The third kappa shape index (κ3) is 3.57. The molecule has 0 aliphatic heterocycles. The smallest absolute Gasteiger partial charge is 0.140 e. The van der Waals surface area contributed by atoms with E-state index in [2.05, 4.69) is 17.2 Å². The lowest BCUT2D eigenvalue weighted by molar-refractivity contribution is -0.104. The molecule has 1 aliphatic carbocycles. The molecule has 5 nitrogen and oxygen atoms in total. The minimum atomic E-state index is 0.0278. The van der Waals surface area contributed by atoms with E-state index in [-0.39, 0.29) is 24.3 Å². The van der Waals surface area contributed by atoms with Crippen molar-refractivity contribution < 1.29 is 9.47 Å². The Kier molecular flexibility index (Phi) is 4.98. The molecule has 1 heterocycles. The number of imidazole rings is 1. The molecule has 4 unspecified atom stereocenters. The molecule has 4 atom stereocenters. The van der Waals surface area contributed by atoms with Crippen molar-refractivity contribution in [1.82, 2.24) is 14.9 Å². The van der Waals surface area contributed by atoms with Crippen molar-refractivity contribution in [3.05, 3.63) is 48.5 Å². The van der Waals surface area contributed by atoms with Crippen LogP contribution in [0.25, 0.3) is 0 Å². The third-order valence-corrected chi connectivity index (χ3v) is 4.36. The number of hydrogen-bond acceptors (Lipinski definition) is 4. The highest BCUT2D eigenvalue weighted by atomic mass is 16.5. The second-order valence-electron chi connectivity index (χ2n) is 6.02. The summed E-state index contributed by atoms with van der Waals surface area (Å²) in [6.07, 6.45) is 4.93. The first-order valence-electron chi connectivity index (χ1n) is 8.25. The van der Waals surface area contributed by atoms with E-state index in [4.69, 9.17) is 9.47 Å². The summed E-state index contributed by atoms with van der Waals surface area (Å²) >= 11 is 0. The Morgan fingerprint density at radius 3 is 2.78 bits per heavy atom. The van der Waals surface area contributed by atoms with Crippen molar-refractivity contribution in [3.8, 4) is 5.75 Å². The van der Waals surface area contributed by atoms with Gasteiger partial charge in [-0.2, -0.15) is 0 Å². The molecule has 1 fully saturated rings. The van der Waals surface area contributed by atoms with Crippen molar-refractivity contribution >= 4 is 0 Å². The second kappa shape index (κ2) is 7.15. The quantitative estimate of drug-likeness (QED) is 0.853. The van der Waals surface area contributed by atoms with E-state index in [1.165, 1.54) is 0 Å². The maximum Gasteiger partial charge on any atom is 0.140 e. The Labute approximate surface area is 137 Å². The van der Waals surface area contributed by atoms with Crippen LogP contribution in [0.15, 0.2) is 42.7 Å². The molecule has 0 amide bonds. The van der Waals surface area contributed by atoms with E-state index in [0.29, 0.717) is 6.61 Å². The van der Waals surface area contributed by atoms with Gasteiger partial charge < -0.3 is 19.4 Å². The SMILES string of the molecule is CCOC1CC(NC(C)c2nccn2C)C1Oc1ccccc1. The summed E-state index contributed by atoms with van der Waals surface area (Å²) in [5, 5.41) is 3.63. The first-order chi connectivity index (χ1) is 11.2. The summed E-state index contributed by atoms with van der Waals surface area (Å²) < 4.78 is 14.0. The van der Waals surface area contributed by atoms with Crippen molar-refractivity contribution in [1.29, 1.82) is 0 Å². The molecule has 3 rings (SSSR count). The molecule has 0 radical (unpaired) electrons. The van der Waals surface area contributed by atoms with Crippen LogP contribution in [0.2, 0.25) is 0 Å². The molecular weight excluding hydrogens is 290 g/mol. The zero-order valence-corrected chi connectivity index (χ0v) is 14.0. The average molecular weight is 315 g/mol. The van der Waals surface area contributed by atoms with Crippen LogP contribution in [0.1, 0.15) is 32.1 Å². The van der Waals surface area contributed by atoms with E-state index in [1.54, 1.807) is 0 Å². The van der Waals surface area contributed by atoms with Gasteiger partial charge in [0.05, 0.1) is 12.1 Å². The van der Waals surface area contributed by atoms with Crippen LogP contribution in [0.5, 0.6) is 5.75 Å². The number of ether oxygens (including phenoxy) is 2. The number of aryl methyl sites for hydroxylation is 1. The van der Waals surface area contributed by atoms with Crippen LogP contribution in [-0.4, -0.2) is 34.4 Å². The molecule has 23 heavy (non-hydrogen) atoms. The number of rotatable bonds is 7. The van der Waals surface area contributed by atoms with Crippen molar-refractivity contribution in [3.63, 3.8) is 0 Å². The standard InChI is InChI=1S/C18H25N3O2/c1-4-22-16-12-15(17(16)23-14-8-6-5-7-9-14)20-13(2)18-19-10-11-21(18)3/h5-11,13,15-17,20H,4,12H2,1-3H3. The molecule has 1 N–H and O–H groups in total. The highest BCUT2D eigenvalue weighted by Gasteiger charge is 2.44. The Hall–Kier alpha value is -1.85. The maximum atomic E-state index is 6.16. The van der Waals surface area contributed by atoms with Crippen LogP contribution >= 0.6 is 0 Å². The fourth-order valence-electron chi connectivity index (χ4n) is 3.13. The third-order valence-electron chi connectivity index (χ3n) is 4.36. The van der Waals surface area contributed by atoms with Gasteiger partial charge in [0.25, 0.3) is 0 Å². The minimum Gasteiger partial charge on any atom is -0.486 e. The molecule has 1 saturated carbocycles. The van der Waals surface area contributed by atoms with E-state index in [9.17, 15) is 0 Å². The van der Waals surface area contributed by atoms with Crippen molar-refractivity contribution in [2.24, 2.45) is 7.05 Å². The van der Waals surface area contributed by atoms with E-state index < -0.39 is 0 Å². The van der Waals surface area contributed by atoms with Gasteiger partial charge in [-0.15, -0.1) is 0 Å². The normalized spacial score (nSPS) is 24.9. The minimum absolute atomic E-state index is 0.0278. The van der Waals surface area contributed by atoms with Gasteiger partial charge in [-0.1, -0.05) is 18.2 Å². The monoisotopic (exact) mass is 315 g/mol. The van der Waals surface area contributed by atoms with Gasteiger partial charge in [0.2, 0.25) is 0 Å². The lowest BCUT2D eigenvalue weighted by atomic mass is 9.84. The summed E-state index contributed by atoms with van der Waals surface area (Å²) in [5.74, 6) is 1.92. The first kappa shape index (κ1) is 16.0. The molecular formula is C18H25N3O2. The molecule has 1 aromatic heterocycles. The number of nitrogens with zero attached hydrogens (tertiary/aromatic N) is 2. The zero-order chi connectivity index (χ0) is 16.2. The molecule has 2 aromatic rings. The van der Waals surface area contributed by atoms with Crippen LogP contribution in [0.3, 0.4) is 0 Å². The molecule has 1 aromatic carbocycles. The van der Waals surface area contributed by atoms with Crippen LogP contribution in [0, 0.1) is 0 Å². The van der Waals surface area contributed by atoms with Gasteiger partial charge in [0, 0.05) is 32.1 Å². The lowest BCUT2D eigenvalue weighted by Crippen LogP contribution is -2.62. The van der Waals surface area contributed by atoms with Gasteiger partial charge >= 0.3 is 0 Å². The van der Waals surface area contributed by atoms with Crippen molar-refractivity contribution in [2.45, 2.75) is 44.6 Å². The van der Waals surface area contributed by atoms with Crippen LogP contribution in [0.4, 0.5) is 0 Å². The largest absolute Gasteiger partial charge is 0.486 e. The molecule has 0 spiro atoms. The maximum absolute atomic E-state index is 6.16. The van der Waals surface area contributed by atoms with Crippen molar-refractivity contribution in [2.75, 3.05) is 6.61 Å². The fourth-order valence-corrected chi connectivity index (χ4v) is 3.13. The summed E-state index contributed by atoms with van der Waals surface area (Å²) in [6, 6.07) is 10.4. The zero-order valence-electron chi connectivity index (χ0n) is 14.0. The van der Waals surface area contributed by atoms with Gasteiger partial charge in [-0.25, -0.2) is 4.98 Å². The number of para-hydroxylation sites is 1. The van der Waals surface area contributed by atoms with Gasteiger partial charge in [-0.3, -0.25) is 0 Å². The van der Waals surface area contributed by atoms with E-state index in [1.807, 2.05) is 61.3 Å². The average Bonchev–Trinajstić information content (AvgIpc) is 2.99. The Bertz CT molecular complexity index is 614. The number of benzene rings is 1. The Morgan fingerprint density at radius 1 is 1.35 bits per heavy atom. The molecule has 0 bridgehead atoms. The predicted octanol–water partition coefficient (Wildman–Crippen LogP) is 2.70. The summed E-state index contributed by atoms with van der Waals surface area (Å²) in [4.78, 5) is 4.42. The fraction of sp³-hybridized carbons (Fsp3) is 0.500. The van der Waals surface area contributed by atoms with Gasteiger partial charge in [-0.05, 0) is 32.4 Å². The number of hydrogen-bond donors (Lipinski definition) is 1. The Morgan fingerprint density at radius 2 is 2.13 bits per heavy atom. The van der Waals surface area contributed by atoms with Crippen LogP contribution in [-0.2, 0) is 11.8 Å². The van der Waals surface area contributed by atoms with Gasteiger partial charge in [0.1, 0.15) is 17.7 Å². The Balaban J connectivity index is 1.65. The van der Waals surface area contributed by atoms with E-state index in [0.717, 1.165) is 18.0 Å². The first-order valence-corrected chi connectivity index (χ1v) is 8.25. The topological polar surface area (TPSA) is 48.3 Å². The number of nitrogens with one attached hydrogen (secondary N) is 1. The van der Waals surface area contributed by atoms with Crippen LogP contribution < -0.4 is 10.1 Å². The summed E-state index contributed by atoms with van der Waals surface area (Å²) in [5.41, 5.74) is 0. The number of aromatic nitrogens is 2. The molecule has 124 valence electrons. The molecule has 1 aliphatic rings. The second-order valence-corrected chi connectivity index (χ2v) is 6.02. The summed E-state index contributed by atoms with van der Waals surface area (Å²) in [6.45, 7) is 4.87. The summed E-state index contributed by atoms with van der Waals surface area (Å²) in [7, 11) is 2.02. The molecule has 0 saturated heterocycles. The lowest BCUT2D eigenvalue weighted by Gasteiger charge is -2.45. The predicted molar refractivity (Wildman–Crippen MR) is 89.4 cm³/mol.